The van der Waals surface area contributed by atoms with Gasteiger partial charge in [0.25, 0.3) is 0 Å². The van der Waals surface area contributed by atoms with Crippen molar-refractivity contribution in [2.75, 3.05) is 11.9 Å². The maximum absolute atomic E-state index is 13.9. The van der Waals surface area contributed by atoms with Crippen molar-refractivity contribution in [2.24, 2.45) is 5.92 Å². The molecule has 0 aliphatic heterocycles. The van der Waals surface area contributed by atoms with Gasteiger partial charge in [0.2, 0.25) is 11.8 Å². The molecule has 2 amide bonds. The molecule has 2 atom stereocenters. The summed E-state index contributed by atoms with van der Waals surface area (Å²) in [5.41, 5.74) is 2.42. The van der Waals surface area contributed by atoms with Gasteiger partial charge in [0.1, 0.15) is 6.04 Å². The fourth-order valence-electron chi connectivity index (χ4n) is 4.21. The fraction of sp³-hybridized carbons (Fsp3) is 0.360. The summed E-state index contributed by atoms with van der Waals surface area (Å²) >= 11 is 11.2. The van der Waals surface area contributed by atoms with Gasteiger partial charge in [0.15, 0.2) is 0 Å². The first kappa shape index (κ1) is 24.2. The van der Waals surface area contributed by atoms with Gasteiger partial charge in [0.05, 0.1) is 9.77 Å². The highest BCUT2D eigenvalue weighted by molar-refractivity contribution is 7.82. The Hall–Kier alpha value is -2.44. The van der Waals surface area contributed by atoms with E-state index in [4.69, 9.17) is 24.2 Å². The van der Waals surface area contributed by atoms with Gasteiger partial charge in [-0.25, -0.2) is 0 Å². The van der Waals surface area contributed by atoms with Crippen molar-refractivity contribution < 1.29 is 9.59 Å². The van der Waals surface area contributed by atoms with E-state index in [0.29, 0.717) is 23.6 Å². The average Bonchev–Trinajstić information content (AvgIpc) is 3.16. The minimum Gasteiger partial charge on any atom is -0.361 e. The van der Waals surface area contributed by atoms with Gasteiger partial charge in [-0.2, -0.15) is 12.6 Å². The van der Waals surface area contributed by atoms with Crippen molar-refractivity contribution in [1.29, 1.82) is 0 Å². The Morgan fingerprint density at radius 3 is 2.47 bits per heavy atom. The lowest BCUT2D eigenvalue weighted by Gasteiger charge is -2.37. The van der Waals surface area contributed by atoms with Crippen LogP contribution in [0.1, 0.15) is 32.8 Å². The zero-order valence-electron chi connectivity index (χ0n) is 18.9. The van der Waals surface area contributed by atoms with Crippen LogP contribution < -0.4 is 10.2 Å². The zero-order chi connectivity index (χ0) is 23.5. The molecule has 32 heavy (non-hydrogen) atoms. The third kappa shape index (κ3) is 5.13. The number of H-pyrrole nitrogens is 1. The molecule has 7 heteroatoms. The first-order chi connectivity index (χ1) is 15.2. The van der Waals surface area contributed by atoms with E-state index in [2.05, 4.69) is 24.1 Å². The van der Waals surface area contributed by atoms with E-state index in [1.807, 2.05) is 61.7 Å². The van der Waals surface area contributed by atoms with Crippen molar-refractivity contribution in [2.45, 2.75) is 44.4 Å². The van der Waals surface area contributed by atoms with Gasteiger partial charge in [-0.15, -0.1) is 0 Å². The summed E-state index contributed by atoms with van der Waals surface area (Å²) in [7, 11) is 1.58. The number of rotatable bonds is 8. The lowest BCUT2D eigenvalue weighted by atomic mass is 9.94. The van der Waals surface area contributed by atoms with E-state index in [1.54, 1.807) is 11.9 Å². The van der Waals surface area contributed by atoms with Gasteiger partial charge in [-0.1, -0.05) is 49.7 Å². The second kappa shape index (κ2) is 10.0. The molecule has 1 aromatic heterocycles. The number of nitrogens with zero attached hydrogens (tertiary/aromatic N) is 1. The zero-order valence-corrected chi connectivity index (χ0v) is 20.5. The smallest absolute Gasteiger partial charge is 0.243 e. The normalized spacial score (nSPS) is 14.2. The number of likely N-dealkylation sites (N-methyl/N-ethyl adjacent to an activating group) is 1. The molecule has 0 saturated heterocycles. The van der Waals surface area contributed by atoms with Crippen LogP contribution in [-0.2, 0) is 16.0 Å². The van der Waals surface area contributed by atoms with Gasteiger partial charge < -0.3 is 10.3 Å². The summed E-state index contributed by atoms with van der Waals surface area (Å²) in [5, 5.41) is 4.20. The first-order valence-electron chi connectivity index (χ1n) is 10.7. The summed E-state index contributed by atoms with van der Waals surface area (Å²) in [5.74, 6) is -0.192. The van der Waals surface area contributed by atoms with Crippen LogP contribution in [0.15, 0.2) is 54.7 Å². The maximum Gasteiger partial charge on any atom is 0.243 e. The summed E-state index contributed by atoms with van der Waals surface area (Å²) in [4.78, 5) is 31.8. The summed E-state index contributed by atoms with van der Waals surface area (Å²) in [6, 6.07) is 14.1. The molecule has 0 radical (unpaired) electrons. The predicted octanol–water partition coefficient (Wildman–Crippen LogP) is 5.25. The van der Waals surface area contributed by atoms with Crippen LogP contribution in [0.4, 0.5) is 5.69 Å². The topological polar surface area (TPSA) is 65.2 Å². The van der Waals surface area contributed by atoms with E-state index >= 15 is 0 Å². The van der Waals surface area contributed by atoms with Crippen molar-refractivity contribution in [3.63, 3.8) is 0 Å². The highest BCUT2D eigenvalue weighted by Gasteiger charge is 2.40. The Bertz CT molecular complexity index is 1100. The van der Waals surface area contributed by atoms with Crippen LogP contribution in [-0.4, -0.2) is 34.6 Å². The summed E-state index contributed by atoms with van der Waals surface area (Å²) in [6.45, 7) is 5.93. The van der Waals surface area contributed by atoms with E-state index in [0.717, 1.165) is 16.5 Å². The lowest BCUT2D eigenvalue weighted by molar-refractivity contribution is -0.127. The van der Waals surface area contributed by atoms with Crippen LogP contribution in [0.5, 0.6) is 0 Å². The number of aromatic amines is 1. The van der Waals surface area contributed by atoms with Crippen molar-refractivity contribution in [3.8, 4) is 0 Å². The number of carbonyl (C=O) groups excluding carboxylic acids is 2. The number of para-hydroxylation sites is 1. The molecule has 1 heterocycles. The molecule has 0 fully saturated rings. The molecule has 3 aromatic rings. The monoisotopic (exact) mass is 471 g/mol. The Labute approximate surface area is 199 Å². The molecule has 3 rings (SSSR count). The standard InChI is InChI=1S/C25H30ClN3O2S/c1-16(2)14-25(3,32)24(31)29(18-9-6-5-7-10-18)21(23(30)27-4)13-17-15-28-20-12-8-11-19(26)22(17)20/h5-12,15-16,21,28,32H,13-14H2,1-4H3,(H,27,30)/t21-,25?/m0/s1. The van der Waals surface area contributed by atoms with Crippen LogP contribution >= 0.6 is 24.2 Å². The second-order valence-electron chi connectivity index (χ2n) is 8.69. The fourth-order valence-corrected chi connectivity index (χ4v) is 4.98. The molecular formula is C25H30ClN3O2S. The molecule has 2 aromatic carbocycles. The number of hydrogen-bond donors (Lipinski definition) is 3. The highest BCUT2D eigenvalue weighted by Crippen LogP contribution is 2.33. The van der Waals surface area contributed by atoms with Crippen molar-refractivity contribution in [3.05, 3.63) is 65.3 Å². The summed E-state index contributed by atoms with van der Waals surface area (Å²) < 4.78 is -0.936. The molecule has 5 nitrogen and oxygen atoms in total. The molecule has 0 bridgehead atoms. The Balaban J connectivity index is 2.11. The van der Waals surface area contributed by atoms with E-state index in [-0.39, 0.29) is 17.7 Å². The molecule has 0 aliphatic rings. The highest BCUT2D eigenvalue weighted by atomic mass is 35.5. The SMILES string of the molecule is CNC(=O)[C@H](Cc1c[nH]c2cccc(Cl)c12)N(C(=O)C(C)(S)CC(C)C)c1ccccc1. The Kier molecular flexibility index (Phi) is 7.57. The molecule has 0 spiro atoms. The Morgan fingerprint density at radius 2 is 1.84 bits per heavy atom. The summed E-state index contributed by atoms with van der Waals surface area (Å²) in [6.07, 6.45) is 2.74. The number of benzene rings is 2. The van der Waals surface area contributed by atoms with E-state index in [1.165, 1.54) is 0 Å². The maximum atomic E-state index is 13.9. The minimum absolute atomic E-state index is 0.208. The third-order valence-electron chi connectivity index (χ3n) is 5.53. The van der Waals surface area contributed by atoms with Crippen LogP contribution in [0.2, 0.25) is 5.02 Å². The number of thiol groups is 1. The molecule has 170 valence electrons. The lowest BCUT2D eigenvalue weighted by Crippen LogP contribution is -2.55. The molecule has 0 aliphatic carbocycles. The van der Waals surface area contributed by atoms with Crippen LogP contribution in [0.3, 0.4) is 0 Å². The average molecular weight is 472 g/mol. The van der Waals surface area contributed by atoms with Gasteiger partial charge in [-0.05, 0) is 49.1 Å². The number of anilines is 1. The molecule has 0 saturated carbocycles. The number of nitrogens with one attached hydrogen (secondary N) is 2. The van der Waals surface area contributed by atoms with Crippen LogP contribution in [0, 0.1) is 5.92 Å². The van der Waals surface area contributed by atoms with E-state index < -0.39 is 10.8 Å². The van der Waals surface area contributed by atoms with Crippen LogP contribution in [0.25, 0.3) is 10.9 Å². The number of halogens is 1. The van der Waals surface area contributed by atoms with Gasteiger partial charge in [-0.3, -0.25) is 14.5 Å². The number of hydrogen-bond acceptors (Lipinski definition) is 3. The second-order valence-corrected chi connectivity index (χ2v) is 10.1. The first-order valence-corrected chi connectivity index (χ1v) is 11.6. The van der Waals surface area contributed by atoms with Crippen molar-refractivity contribution >= 4 is 52.6 Å². The molecular weight excluding hydrogens is 442 g/mol. The number of amides is 2. The van der Waals surface area contributed by atoms with E-state index in [9.17, 15) is 9.59 Å². The third-order valence-corrected chi connectivity index (χ3v) is 6.22. The largest absolute Gasteiger partial charge is 0.361 e. The molecule has 1 unspecified atom stereocenters. The van der Waals surface area contributed by atoms with Gasteiger partial charge in [0, 0.05) is 36.3 Å². The predicted molar refractivity (Wildman–Crippen MR) is 136 cm³/mol. The van der Waals surface area contributed by atoms with Crippen molar-refractivity contribution in [1.82, 2.24) is 10.3 Å². The number of fused-ring (bicyclic) bond motifs is 1. The number of aromatic nitrogens is 1. The minimum atomic E-state index is -0.936. The Morgan fingerprint density at radius 1 is 1.16 bits per heavy atom. The van der Waals surface area contributed by atoms with Gasteiger partial charge >= 0.3 is 0 Å². The molecule has 2 N–H and O–H groups in total. The number of carbonyl (C=O) groups is 2. The quantitative estimate of drug-likeness (QED) is 0.393.